The van der Waals surface area contributed by atoms with Gasteiger partial charge in [0.05, 0.1) is 18.0 Å². The Bertz CT molecular complexity index is 839. The zero-order valence-corrected chi connectivity index (χ0v) is 13.5. The highest BCUT2D eigenvalue weighted by Crippen LogP contribution is 2.37. The molecular formula is C17H16FN5O2. The second-order valence-corrected chi connectivity index (χ2v) is 5.86. The van der Waals surface area contributed by atoms with Crippen LogP contribution in [-0.2, 0) is 16.1 Å². The molecule has 1 aromatic heterocycles. The summed E-state index contributed by atoms with van der Waals surface area (Å²) < 4.78 is 14.6. The first-order valence-corrected chi connectivity index (χ1v) is 7.72. The number of hydrogen-bond donors (Lipinski definition) is 1. The molecule has 2 amide bonds. The number of aromatic nitrogens is 2. The van der Waals surface area contributed by atoms with Gasteiger partial charge < -0.3 is 10.2 Å². The van der Waals surface area contributed by atoms with E-state index in [0.717, 1.165) is 0 Å². The lowest BCUT2D eigenvalue weighted by molar-refractivity contribution is -0.127. The van der Waals surface area contributed by atoms with Gasteiger partial charge in [-0.05, 0) is 17.7 Å². The van der Waals surface area contributed by atoms with Gasteiger partial charge in [-0.15, -0.1) is 0 Å². The van der Waals surface area contributed by atoms with E-state index in [0.29, 0.717) is 11.4 Å². The summed E-state index contributed by atoms with van der Waals surface area (Å²) in [6, 6.07) is 8.86. The van der Waals surface area contributed by atoms with Crippen molar-refractivity contribution in [3.05, 3.63) is 47.9 Å². The lowest BCUT2D eigenvalue weighted by Crippen LogP contribution is -2.30. The van der Waals surface area contributed by atoms with Crippen LogP contribution in [0.5, 0.6) is 0 Å². The lowest BCUT2D eigenvalue weighted by Gasteiger charge is -2.24. The summed E-state index contributed by atoms with van der Waals surface area (Å²) in [6.45, 7) is 0.0821. The summed E-state index contributed by atoms with van der Waals surface area (Å²) in [4.78, 5) is 26.2. The van der Waals surface area contributed by atoms with Gasteiger partial charge in [0.15, 0.2) is 5.82 Å². The fourth-order valence-corrected chi connectivity index (χ4v) is 3.03. The molecule has 8 heteroatoms. The molecule has 2 aromatic rings. The van der Waals surface area contributed by atoms with Gasteiger partial charge in [0, 0.05) is 25.7 Å². The van der Waals surface area contributed by atoms with Crippen LogP contribution in [0.2, 0.25) is 0 Å². The molecule has 0 radical (unpaired) electrons. The Morgan fingerprint density at radius 1 is 1.40 bits per heavy atom. The molecule has 0 aliphatic carbocycles. The maximum absolute atomic E-state index is 13.2. The maximum Gasteiger partial charge on any atom is 0.231 e. The minimum absolute atomic E-state index is 0.0727. The van der Waals surface area contributed by atoms with Crippen molar-refractivity contribution >= 4 is 17.6 Å². The number of benzene rings is 1. The molecule has 0 spiro atoms. The number of nitriles is 1. The first-order chi connectivity index (χ1) is 12.0. The molecule has 1 fully saturated rings. The third kappa shape index (κ3) is 3.35. The van der Waals surface area contributed by atoms with Gasteiger partial charge in [0.2, 0.25) is 11.8 Å². The molecule has 1 N–H and O–H groups in total. The van der Waals surface area contributed by atoms with Crippen LogP contribution in [0.4, 0.5) is 10.2 Å². The Labute approximate surface area is 143 Å². The number of amides is 2. The quantitative estimate of drug-likeness (QED) is 0.916. The van der Waals surface area contributed by atoms with Crippen molar-refractivity contribution < 1.29 is 14.0 Å². The van der Waals surface area contributed by atoms with Crippen molar-refractivity contribution in [2.45, 2.75) is 19.0 Å². The van der Waals surface area contributed by atoms with Crippen LogP contribution in [0.3, 0.4) is 0 Å². The normalized spacial score (nSPS) is 19.7. The van der Waals surface area contributed by atoms with E-state index in [-0.39, 0.29) is 30.6 Å². The van der Waals surface area contributed by atoms with Crippen molar-refractivity contribution in [1.82, 2.24) is 14.7 Å². The van der Waals surface area contributed by atoms with Crippen LogP contribution in [0.25, 0.3) is 0 Å². The first kappa shape index (κ1) is 16.6. The van der Waals surface area contributed by atoms with Crippen LogP contribution in [0.1, 0.15) is 18.0 Å². The number of nitrogens with one attached hydrogen (secondary N) is 1. The number of nitrogens with zero attached hydrogens (tertiary/aromatic N) is 4. The Kier molecular flexibility index (Phi) is 4.48. The van der Waals surface area contributed by atoms with E-state index < -0.39 is 12.0 Å². The van der Waals surface area contributed by atoms with Gasteiger partial charge in [-0.2, -0.15) is 10.4 Å². The highest BCUT2D eigenvalue weighted by Gasteiger charge is 2.42. The van der Waals surface area contributed by atoms with Crippen LogP contribution >= 0.6 is 0 Å². The zero-order valence-electron chi connectivity index (χ0n) is 13.5. The predicted octanol–water partition coefficient (Wildman–Crippen LogP) is 1.70. The lowest BCUT2D eigenvalue weighted by atomic mass is 9.93. The van der Waals surface area contributed by atoms with E-state index in [9.17, 15) is 14.0 Å². The summed E-state index contributed by atoms with van der Waals surface area (Å²) >= 11 is 0. The summed E-state index contributed by atoms with van der Waals surface area (Å²) in [7, 11) is 1.63. The molecule has 2 atom stereocenters. The van der Waals surface area contributed by atoms with Crippen LogP contribution in [-0.4, -0.2) is 33.5 Å². The number of carbonyl (C=O) groups is 2. The molecule has 7 nitrogen and oxygen atoms in total. The van der Waals surface area contributed by atoms with E-state index >= 15 is 0 Å². The molecule has 1 aliphatic heterocycles. The smallest absolute Gasteiger partial charge is 0.231 e. The van der Waals surface area contributed by atoms with E-state index in [1.165, 1.54) is 21.7 Å². The monoisotopic (exact) mass is 341 g/mol. The number of rotatable bonds is 4. The Hall–Kier alpha value is -3.21. The van der Waals surface area contributed by atoms with E-state index in [1.54, 1.807) is 31.4 Å². The molecule has 25 heavy (non-hydrogen) atoms. The van der Waals surface area contributed by atoms with E-state index in [4.69, 9.17) is 5.26 Å². The molecule has 128 valence electrons. The molecule has 1 saturated heterocycles. The highest BCUT2D eigenvalue weighted by atomic mass is 19.1. The largest absolute Gasteiger partial charge is 0.338 e. The molecule has 1 aromatic carbocycles. The van der Waals surface area contributed by atoms with Crippen LogP contribution in [0.15, 0.2) is 36.5 Å². The van der Waals surface area contributed by atoms with Gasteiger partial charge in [0.25, 0.3) is 0 Å². The molecule has 1 aliphatic rings. The van der Waals surface area contributed by atoms with Gasteiger partial charge >= 0.3 is 0 Å². The van der Waals surface area contributed by atoms with Crippen molar-refractivity contribution in [2.75, 3.05) is 12.4 Å². The van der Waals surface area contributed by atoms with Crippen LogP contribution in [0, 0.1) is 23.1 Å². The molecule has 0 saturated carbocycles. The van der Waals surface area contributed by atoms with Gasteiger partial charge in [-0.1, -0.05) is 12.1 Å². The van der Waals surface area contributed by atoms with Gasteiger partial charge in [-0.3, -0.25) is 14.3 Å². The number of halogens is 1. The summed E-state index contributed by atoms with van der Waals surface area (Å²) in [5, 5.41) is 15.4. The average Bonchev–Trinajstić information content (AvgIpc) is 3.14. The molecule has 2 heterocycles. The van der Waals surface area contributed by atoms with Gasteiger partial charge in [-0.25, -0.2) is 4.39 Å². The minimum atomic E-state index is -0.607. The van der Waals surface area contributed by atoms with Crippen molar-refractivity contribution in [2.24, 2.45) is 5.92 Å². The minimum Gasteiger partial charge on any atom is -0.338 e. The number of carbonyl (C=O) groups excluding carboxylic acids is 2. The standard InChI is InChI=1S/C17H16FN5O2/c1-22-15(24)10-13(16(22)11-2-4-12(18)5-3-11)17(25)20-14-6-8-23(21-14)9-7-19/h2-6,8,13,16H,9-10H2,1H3,(H,20,21,25). The SMILES string of the molecule is CN1C(=O)CC(C(=O)Nc2ccn(CC#N)n2)C1c1ccc(F)cc1. The Morgan fingerprint density at radius 2 is 2.12 bits per heavy atom. The second-order valence-electron chi connectivity index (χ2n) is 5.86. The van der Waals surface area contributed by atoms with E-state index in [2.05, 4.69) is 10.4 Å². The number of anilines is 1. The molecule has 3 rings (SSSR count). The fraction of sp³-hybridized carbons (Fsp3) is 0.294. The van der Waals surface area contributed by atoms with Gasteiger partial charge in [0.1, 0.15) is 12.4 Å². The molecule has 0 bridgehead atoms. The Balaban J connectivity index is 1.80. The topological polar surface area (TPSA) is 91.0 Å². The summed E-state index contributed by atoms with van der Waals surface area (Å²) in [5.41, 5.74) is 0.699. The Morgan fingerprint density at radius 3 is 2.80 bits per heavy atom. The van der Waals surface area contributed by atoms with E-state index in [1.807, 2.05) is 6.07 Å². The second kappa shape index (κ2) is 6.73. The molecular weight excluding hydrogens is 325 g/mol. The third-order valence-corrected chi connectivity index (χ3v) is 4.26. The number of likely N-dealkylation sites (tertiary alicyclic amines) is 1. The zero-order chi connectivity index (χ0) is 18.0. The maximum atomic E-state index is 13.2. The van der Waals surface area contributed by atoms with Crippen molar-refractivity contribution in [3.8, 4) is 6.07 Å². The van der Waals surface area contributed by atoms with Crippen molar-refractivity contribution in [1.29, 1.82) is 5.26 Å². The highest BCUT2D eigenvalue weighted by molar-refractivity contribution is 5.97. The first-order valence-electron chi connectivity index (χ1n) is 7.72. The predicted molar refractivity (Wildman–Crippen MR) is 86.5 cm³/mol. The fourth-order valence-electron chi connectivity index (χ4n) is 3.03. The number of hydrogen-bond acceptors (Lipinski definition) is 4. The third-order valence-electron chi connectivity index (χ3n) is 4.26. The van der Waals surface area contributed by atoms with Crippen LogP contribution < -0.4 is 5.32 Å². The summed E-state index contributed by atoms with van der Waals surface area (Å²) in [6.07, 6.45) is 1.66. The van der Waals surface area contributed by atoms with Crippen molar-refractivity contribution in [3.63, 3.8) is 0 Å². The summed E-state index contributed by atoms with van der Waals surface area (Å²) in [5.74, 6) is -1.15. The molecule has 2 unspecified atom stereocenters. The average molecular weight is 341 g/mol.